The Labute approximate surface area is 136 Å². The van der Waals surface area contributed by atoms with E-state index in [0.717, 1.165) is 25.9 Å². The summed E-state index contributed by atoms with van der Waals surface area (Å²) in [6.07, 6.45) is 4.19. The molecule has 2 aromatic rings. The average Bonchev–Trinajstić information content (AvgIpc) is 3.01. The van der Waals surface area contributed by atoms with Crippen molar-refractivity contribution < 1.29 is 13.6 Å². The van der Waals surface area contributed by atoms with Crippen LogP contribution in [0.2, 0.25) is 0 Å². The first-order valence-corrected chi connectivity index (χ1v) is 8.13. The maximum Gasteiger partial charge on any atom is 0.223 e. The molecule has 1 heterocycles. The van der Waals surface area contributed by atoms with Crippen LogP contribution in [0.25, 0.3) is 11.3 Å². The SMILES string of the molecule is CCCN(CCC)C(=O)CCc1ncc(-c2ccccc2F)o1. The number of oxazole rings is 1. The van der Waals surface area contributed by atoms with Crippen molar-refractivity contribution >= 4 is 5.91 Å². The lowest BCUT2D eigenvalue weighted by atomic mass is 10.2. The van der Waals surface area contributed by atoms with Gasteiger partial charge >= 0.3 is 0 Å². The molecule has 0 atom stereocenters. The van der Waals surface area contributed by atoms with E-state index in [0.29, 0.717) is 30.1 Å². The molecule has 0 fully saturated rings. The standard InChI is InChI=1S/C18H23FN2O2/c1-3-11-21(12-4-2)18(22)10-9-17-20-13-16(23-17)14-7-5-6-8-15(14)19/h5-8,13H,3-4,9-12H2,1-2H3. The van der Waals surface area contributed by atoms with Gasteiger partial charge in [-0.2, -0.15) is 0 Å². The summed E-state index contributed by atoms with van der Waals surface area (Å²) in [5.41, 5.74) is 0.385. The van der Waals surface area contributed by atoms with Crippen LogP contribution in [-0.2, 0) is 11.2 Å². The van der Waals surface area contributed by atoms with Crippen LogP contribution >= 0.6 is 0 Å². The van der Waals surface area contributed by atoms with Crippen molar-refractivity contribution in [2.24, 2.45) is 0 Å². The normalized spacial score (nSPS) is 10.7. The van der Waals surface area contributed by atoms with Crippen molar-refractivity contribution in [3.8, 4) is 11.3 Å². The molecule has 124 valence electrons. The fourth-order valence-corrected chi connectivity index (χ4v) is 2.48. The first-order chi connectivity index (χ1) is 11.2. The molecule has 0 aliphatic carbocycles. The summed E-state index contributed by atoms with van der Waals surface area (Å²) in [5.74, 6) is 0.622. The predicted molar refractivity (Wildman–Crippen MR) is 87.4 cm³/mol. The van der Waals surface area contributed by atoms with Gasteiger partial charge in [0.15, 0.2) is 11.7 Å². The van der Waals surface area contributed by atoms with Gasteiger partial charge in [-0.3, -0.25) is 4.79 Å². The zero-order chi connectivity index (χ0) is 16.7. The van der Waals surface area contributed by atoms with Gasteiger partial charge in [0.25, 0.3) is 0 Å². The number of halogens is 1. The molecule has 1 aromatic heterocycles. The Hall–Kier alpha value is -2.17. The lowest BCUT2D eigenvalue weighted by Gasteiger charge is -2.21. The van der Waals surface area contributed by atoms with Crippen molar-refractivity contribution in [1.29, 1.82) is 0 Å². The molecule has 0 spiro atoms. The Morgan fingerprint density at radius 2 is 1.91 bits per heavy atom. The van der Waals surface area contributed by atoms with E-state index in [1.807, 2.05) is 4.90 Å². The zero-order valence-electron chi connectivity index (χ0n) is 13.7. The third-order valence-corrected chi connectivity index (χ3v) is 3.59. The number of aryl methyl sites for hydroxylation is 1. The number of amides is 1. The quantitative estimate of drug-likeness (QED) is 0.737. The van der Waals surface area contributed by atoms with Crippen LogP contribution in [0.4, 0.5) is 4.39 Å². The molecule has 2 rings (SSSR count). The first kappa shape index (κ1) is 17.2. The monoisotopic (exact) mass is 318 g/mol. The highest BCUT2D eigenvalue weighted by Gasteiger charge is 2.15. The summed E-state index contributed by atoms with van der Waals surface area (Å²) in [6.45, 7) is 5.67. The number of carbonyl (C=O) groups is 1. The van der Waals surface area contributed by atoms with Crippen LogP contribution < -0.4 is 0 Å². The summed E-state index contributed by atoms with van der Waals surface area (Å²) in [6, 6.07) is 6.41. The molecule has 0 radical (unpaired) electrons. The van der Waals surface area contributed by atoms with E-state index in [1.165, 1.54) is 12.3 Å². The first-order valence-electron chi connectivity index (χ1n) is 8.13. The van der Waals surface area contributed by atoms with Crippen LogP contribution in [0.5, 0.6) is 0 Å². The Bertz CT molecular complexity index is 633. The van der Waals surface area contributed by atoms with E-state index in [4.69, 9.17) is 4.42 Å². The van der Waals surface area contributed by atoms with Gasteiger partial charge < -0.3 is 9.32 Å². The summed E-state index contributed by atoms with van der Waals surface area (Å²) in [5, 5.41) is 0. The predicted octanol–water partition coefficient (Wildman–Crippen LogP) is 4.06. The summed E-state index contributed by atoms with van der Waals surface area (Å²) in [7, 11) is 0. The second-order valence-electron chi connectivity index (χ2n) is 5.48. The molecule has 1 aromatic carbocycles. The molecule has 0 saturated carbocycles. The second-order valence-corrected chi connectivity index (χ2v) is 5.48. The van der Waals surface area contributed by atoms with Crippen molar-refractivity contribution in [1.82, 2.24) is 9.88 Å². The smallest absolute Gasteiger partial charge is 0.223 e. The van der Waals surface area contributed by atoms with Crippen molar-refractivity contribution in [2.45, 2.75) is 39.5 Å². The number of rotatable bonds is 8. The highest BCUT2D eigenvalue weighted by Crippen LogP contribution is 2.23. The number of carbonyl (C=O) groups excluding carboxylic acids is 1. The van der Waals surface area contributed by atoms with E-state index in [9.17, 15) is 9.18 Å². The van der Waals surface area contributed by atoms with Crippen molar-refractivity contribution in [2.75, 3.05) is 13.1 Å². The summed E-state index contributed by atoms with van der Waals surface area (Å²) < 4.78 is 19.3. The van der Waals surface area contributed by atoms with Gasteiger partial charge in [-0.25, -0.2) is 9.37 Å². The lowest BCUT2D eigenvalue weighted by molar-refractivity contribution is -0.131. The molecule has 4 nitrogen and oxygen atoms in total. The van der Waals surface area contributed by atoms with E-state index < -0.39 is 0 Å². The zero-order valence-corrected chi connectivity index (χ0v) is 13.7. The van der Waals surface area contributed by atoms with Gasteiger partial charge in [0.2, 0.25) is 5.91 Å². The van der Waals surface area contributed by atoms with E-state index >= 15 is 0 Å². The number of benzene rings is 1. The molecular formula is C18H23FN2O2. The van der Waals surface area contributed by atoms with Gasteiger partial charge in [-0.05, 0) is 25.0 Å². The maximum absolute atomic E-state index is 13.7. The minimum absolute atomic E-state index is 0.111. The van der Waals surface area contributed by atoms with E-state index in [2.05, 4.69) is 18.8 Å². The molecule has 0 bridgehead atoms. The van der Waals surface area contributed by atoms with Crippen LogP contribution in [0, 0.1) is 5.82 Å². The van der Waals surface area contributed by atoms with Gasteiger partial charge in [0.05, 0.1) is 11.8 Å². The van der Waals surface area contributed by atoms with Crippen LogP contribution in [0.1, 0.15) is 39.0 Å². The number of hydrogen-bond donors (Lipinski definition) is 0. The highest BCUT2D eigenvalue weighted by molar-refractivity contribution is 5.76. The average molecular weight is 318 g/mol. The molecule has 0 saturated heterocycles. The van der Waals surface area contributed by atoms with E-state index in [1.54, 1.807) is 18.2 Å². The Morgan fingerprint density at radius 1 is 1.22 bits per heavy atom. The largest absolute Gasteiger partial charge is 0.441 e. The number of aromatic nitrogens is 1. The third-order valence-electron chi connectivity index (χ3n) is 3.59. The van der Waals surface area contributed by atoms with Crippen LogP contribution in [0.3, 0.4) is 0 Å². The molecule has 1 amide bonds. The lowest BCUT2D eigenvalue weighted by Crippen LogP contribution is -2.32. The molecule has 0 aliphatic heterocycles. The number of nitrogens with zero attached hydrogens (tertiary/aromatic N) is 2. The van der Waals surface area contributed by atoms with Crippen LogP contribution in [-0.4, -0.2) is 28.9 Å². The van der Waals surface area contributed by atoms with Gasteiger partial charge in [0, 0.05) is 25.9 Å². The molecule has 0 unspecified atom stereocenters. The van der Waals surface area contributed by atoms with Gasteiger partial charge in [-0.15, -0.1) is 0 Å². The van der Waals surface area contributed by atoms with Gasteiger partial charge in [0.1, 0.15) is 5.82 Å². The third kappa shape index (κ3) is 4.65. The van der Waals surface area contributed by atoms with E-state index in [-0.39, 0.29) is 11.7 Å². The Morgan fingerprint density at radius 3 is 2.57 bits per heavy atom. The molecule has 5 heteroatoms. The Balaban J connectivity index is 1.97. The maximum atomic E-state index is 13.7. The fraction of sp³-hybridized carbons (Fsp3) is 0.444. The highest BCUT2D eigenvalue weighted by atomic mass is 19.1. The molecule has 0 N–H and O–H groups in total. The van der Waals surface area contributed by atoms with Crippen molar-refractivity contribution in [3.63, 3.8) is 0 Å². The van der Waals surface area contributed by atoms with Gasteiger partial charge in [-0.1, -0.05) is 26.0 Å². The minimum Gasteiger partial charge on any atom is -0.441 e. The van der Waals surface area contributed by atoms with Crippen molar-refractivity contribution in [3.05, 3.63) is 42.2 Å². The molecule has 0 aliphatic rings. The topological polar surface area (TPSA) is 46.3 Å². The fourth-order valence-electron chi connectivity index (χ4n) is 2.48. The van der Waals surface area contributed by atoms with Crippen LogP contribution in [0.15, 0.2) is 34.9 Å². The summed E-state index contributed by atoms with van der Waals surface area (Å²) in [4.78, 5) is 18.3. The molecular weight excluding hydrogens is 295 g/mol. The molecule has 23 heavy (non-hydrogen) atoms. The minimum atomic E-state index is -0.344. The Kier molecular flexibility index (Phi) is 6.32. The number of hydrogen-bond acceptors (Lipinski definition) is 3. The second kappa shape index (κ2) is 8.46. The summed E-state index contributed by atoms with van der Waals surface area (Å²) >= 11 is 0.